The van der Waals surface area contributed by atoms with E-state index in [4.69, 9.17) is 5.21 Å². The fourth-order valence-electron chi connectivity index (χ4n) is 3.27. The third-order valence-electron chi connectivity index (χ3n) is 4.47. The number of benzene rings is 2. The zero-order valence-corrected chi connectivity index (χ0v) is 15.3. The minimum Gasteiger partial charge on any atom is -0.338 e. The van der Waals surface area contributed by atoms with Gasteiger partial charge in [-0.1, -0.05) is 43.3 Å². The number of carbonyl (C=O) groups excluding carboxylic acids is 2. The second-order valence-corrected chi connectivity index (χ2v) is 6.39. The monoisotopic (exact) mass is 365 g/mol. The Hall–Kier alpha value is -3.12. The van der Waals surface area contributed by atoms with Gasteiger partial charge in [-0.2, -0.15) is 0 Å². The van der Waals surface area contributed by atoms with Crippen LogP contribution in [0.1, 0.15) is 18.9 Å². The van der Waals surface area contributed by atoms with E-state index in [0.717, 1.165) is 28.6 Å². The molecule has 140 valence electrons. The number of nitrogens with one attached hydrogen (secondary N) is 1. The van der Waals surface area contributed by atoms with Gasteiger partial charge in [0, 0.05) is 29.3 Å². The van der Waals surface area contributed by atoms with Crippen molar-refractivity contribution in [3.05, 3.63) is 66.4 Å². The summed E-state index contributed by atoms with van der Waals surface area (Å²) in [7, 11) is 0. The number of amides is 2. The number of hydroxylamine groups is 1. The number of aromatic nitrogens is 1. The molecule has 2 amide bonds. The lowest BCUT2D eigenvalue weighted by Crippen LogP contribution is -2.34. The maximum Gasteiger partial charge on any atom is 0.247 e. The van der Waals surface area contributed by atoms with Crippen LogP contribution in [0.5, 0.6) is 0 Å². The van der Waals surface area contributed by atoms with Gasteiger partial charge in [0.2, 0.25) is 11.8 Å². The van der Waals surface area contributed by atoms with Crippen molar-refractivity contribution in [1.82, 2.24) is 10.0 Å². The number of rotatable bonds is 7. The summed E-state index contributed by atoms with van der Waals surface area (Å²) in [4.78, 5) is 26.4. The molecule has 1 aromatic heterocycles. The summed E-state index contributed by atoms with van der Waals surface area (Å²) in [6.07, 6.45) is 2.72. The van der Waals surface area contributed by atoms with Gasteiger partial charge in [0.1, 0.15) is 6.54 Å². The first kappa shape index (κ1) is 18.7. The number of fused-ring (bicyclic) bond motifs is 1. The van der Waals surface area contributed by atoms with Crippen molar-refractivity contribution in [2.75, 3.05) is 11.4 Å². The van der Waals surface area contributed by atoms with E-state index in [9.17, 15) is 9.59 Å². The van der Waals surface area contributed by atoms with Crippen LogP contribution >= 0.6 is 0 Å². The Bertz CT molecular complexity index is 934. The summed E-state index contributed by atoms with van der Waals surface area (Å²) in [5.41, 5.74) is 4.19. The Labute approximate surface area is 158 Å². The quantitative estimate of drug-likeness (QED) is 0.499. The third kappa shape index (κ3) is 4.17. The second kappa shape index (κ2) is 8.51. The Morgan fingerprint density at radius 3 is 2.48 bits per heavy atom. The molecule has 2 N–H and O–H groups in total. The summed E-state index contributed by atoms with van der Waals surface area (Å²) < 4.78 is 1.86. The maximum atomic E-state index is 13.0. The van der Waals surface area contributed by atoms with Crippen LogP contribution in [0.2, 0.25) is 0 Å². The highest BCUT2D eigenvalue weighted by Gasteiger charge is 2.18. The number of para-hydroxylation sites is 2. The summed E-state index contributed by atoms with van der Waals surface area (Å²) in [5, 5.41) is 9.71. The van der Waals surface area contributed by atoms with Crippen LogP contribution in [0.15, 0.2) is 60.8 Å². The number of anilines is 1. The molecule has 6 heteroatoms. The van der Waals surface area contributed by atoms with Crippen molar-refractivity contribution in [3.63, 3.8) is 0 Å². The van der Waals surface area contributed by atoms with Crippen molar-refractivity contribution in [2.24, 2.45) is 0 Å². The lowest BCUT2D eigenvalue weighted by molar-refractivity contribution is -0.128. The molecule has 0 atom stereocenters. The molecule has 3 aromatic rings. The molecular formula is C21H23N3O3. The smallest absolute Gasteiger partial charge is 0.247 e. The van der Waals surface area contributed by atoms with E-state index in [0.29, 0.717) is 6.54 Å². The van der Waals surface area contributed by atoms with E-state index >= 15 is 0 Å². The van der Waals surface area contributed by atoms with E-state index in [1.165, 1.54) is 0 Å². The normalized spacial score (nSPS) is 10.7. The van der Waals surface area contributed by atoms with Gasteiger partial charge in [-0.15, -0.1) is 0 Å². The van der Waals surface area contributed by atoms with Gasteiger partial charge >= 0.3 is 0 Å². The van der Waals surface area contributed by atoms with Crippen LogP contribution in [-0.2, 0) is 22.6 Å². The number of hydrogen-bond donors (Lipinski definition) is 2. The summed E-state index contributed by atoms with van der Waals surface area (Å²) in [6, 6.07) is 17.3. The van der Waals surface area contributed by atoms with E-state index in [1.54, 1.807) is 10.4 Å². The van der Waals surface area contributed by atoms with E-state index in [-0.39, 0.29) is 18.9 Å². The molecule has 0 bridgehead atoms. The predicted molar refractivity (Wildman–Crippen MR) is 105 cm³/mol. The van der Waals surface area contributed by atoms with Gasteiger partial charge < -0.3 is 9.47 Å². The second-order valence-electron chi connectivity index (χ2n) is 6.39. The summed E-state index contributed by atoms with van der Waals surface area (Å²) in [5.74, 6) is -0.497. The van der Waals surface area contributed by atoms with Gasteiger partial charge in [0.15, 0.2) is 0 Å². The summed E-state index contributed by atoms with van der Waals surface area (Å²) >= 11 is 0. The molecule has 6 nitrogen and oxygen atoms in total. The van der Waals surface area contributed by atoms with E-state index in [2.05, 4.69) is 0 Å². The molecule has 0 aliphatic heterocycles. The topological polar surface area (TPSA) is 74.6 Å². The van der Waals surface area contributed by atoms with Crippen LogP contribution in [-0.4, -0.2) is 28.1 Å². The van der Waals surface area contributed by atoms with Gasteiger partial charge in [-0.05, 0) is 30.2 Å². The minimum absolute atomic E-state index is 0.0121. The van der Waals surface area contributed by atoms with Crippen molar-refractivity contribution in [1.29, 1.82) is 0 Å². The molecule has 3 rings (SSSR count). The van der Waals surface area contributed by atoms with Crippen LogP contribution < -0.4 is 10.4 Å². The highest BCUT2D eigenvalue weighted by molar-refractivity contribution is 5.95. The molecule has 0 saturated heterocycles. The first-order valence-corrected chi connectivity index (χ1v) is 8.99. The number of nitrogens with zero attached hydrogens (tertiary/aromatic N) is 2. The van der Waals surface area contributed by atoms with Gasteiger partial charge in [0.05, 0.1) is 6.42 Å². The Balaban J connectivity index is 1.91. The van der Waals surface area contributed by atoms with Crippen molar-refractivity contribution in [3.8, 4) is 0 Å². The van der Waals surface area contributed by atoms with Gasteiger partial charge in [-0.3, -0.25) is 14.8 Å². The van der Waals surface area contributed by atoms with Crippen LogP contribution in [0.4, 0.5) is 5.69 Å². The van der Waals surface area contributed by atoms with Crippen LogP contribution in [0, 0.1) is 0 Å². The lowest BCUT2D eigenvalue weighted by Gasteiger charge is -2.22. The highest BCUT2D eigenvalue weighted by atomic mass is 16.5. The van der Waals surface area contributed by atoms with Crippen molar-refractivity contribution < 1.29 is 14.8 Å². The van der Waals surface area contributed by atoms with Crippen molar-refractivity contribution >= 4 is 28.4 Å². The number of carbonyl (C=O) groups is 2. The van der Waals surface area contributed by atoms with Crippen molar-refractivity contribution in [2.45, 2.75) is 26.3 Å². The first-order valence-electron chi connectivity index (χ1n) is 8.99. The molecule has 0 saturated carbocycles. The largest absolute Gasteiger partial charge is 0.338 e. The van der Waals surface area contributed by atoms with E-state index < -0.39 is 5.91 Å². The number of hydrogen-bond acceptors (Lipinski definition) is 3. The van der Waals surface area contributed by atoms with E-state index in [1.807, 2.05) is 72.3 Å². The minimum atomic E-state index is -0.485. The lowest BCUT2D eigenvalue weighted by atomic mass is 10.1. The highest BCUT2D eigenvalue weighted by Crippen LogP contribution is 2.23. The fourth-order valence-corrected chi connectivity index (χ4v) is 3.27. The molecule has 0 aliphatic rings. The van der Waals surface area contributed by atoms with Gasteiger partial charge in [0.25, 0.3) is 0 Å². The van der Waals surface area contributed by atoms with Gasteiger partial charge in [-0.25, -0.2) is 5.48 Å². The Kier molecular flexibility index (Phi) is 5.88. The molecular weight excluding hydrogens is 342 g/mol. The SMILES string of the molecule is CCCN(C(=O)Cn1cc(CC(=O)NO)c2ccccc21)c1ccccc1. The van der Waals surface area contributed by atoms with Crippen LogP contribution in [0.25, 0.3) is 10.9 Å². The molecule has 27 heavy (non-hydrogen) atoms. The fraction of sp³-hybridized carbons (Fsp3) is 0.238. The molecule has 2 aromatic carbocycles. The molecule has 0 fully saturated rings. The Morgan fingerprint density at radius 1 is 1.07 bits per heavy atom. The standard InChI is InChI=1S/C21H23N3O3/c1-2-12-24(17-8-4-3-5-9-17)21(26)15-23-14-16(13-20(25)22-27)18-10-6-7-11-19(18)23/h3-11,14,27H,2,12-13,15H2,1H3,(H,22,25). The molecule has 0 aliphatic carbocycles. The molecule has 0 spiro atoms. The molecule has 0 radical (unpaired) electrons. The average molecular weight is 365 g/mol. The first-order chi connectivity index (χ1) is 13.1. The van der Waals surface area contributed by atoms with Crippen LogP contribution in [0.3, 0.4) is 0 Å². The third-order valence-corrected chi connectivity index (χ3v) is 4.47. The zero-order valence-electron chi connectivity index (χ0n) is 15.3. The maximum absolute atomic E-state index is 13.0. The molecule has 0 unspecified atom stereocenters. The Morgan fingerprint density at radius 2 is 1.78 bits per heavy atom. The average Bonchev–Trinajstić information content (AvgIpc) is 3.04. The predicted octanol–water partition coefficient (Wildman–Crippen LogP) is 3.13. The molecule has 1 heterocycles. The summed E-state index contributed by atoms with van der Waals surface area (Å²) in [6.45, 7) is 2.86. The zero-order chi connectivity index (χ0) is 19.2.